The van der Waals surface area contributed by atoms with Crippen LogP contribution in [0.15, 0.2) is 42.7 Å². The first-order valence-electron chi connectivity index (χ1n) is 9.04. The minimum Gasteiger partial charge on any atom is -0.358 e. The largest absolute Gasteiger partial charge is 0.358 e. The van der Waals surface area contributed by atoms with E-state index < -0.39 is 0 Å². The minimum atomic E-state index is -0.234. The Morgan fingerprint density at radius 3 is 2.92 bits per heavy atom. The first kappa shape index (κ1) is 16.8. The zero-order chi connectivity index (χ0) is 18.1. The molecule has 1 amide bonds. The van der Waals surface area contributed by atoms with E-state index in [1.54, 1.807) is 24.5 Å². The molecule has 0 fully saturated rings. The molecule has 0 saturated heterocycles. The normalized spacial score (nSPS) is 16.5. The fraction of sp³-hybridized carbons (Fsp3) is 0.333. The summed E-state index contributed by atoms with van der Waals surface area (Å²) in [5.41, 5.74) is 4.38. The lowest BCUT2D eigenvalue weighted by molar-refractivity contribution is -0.134. The highest BCUT2D eigenvalue weighted by Crippen LogP contribution is 2.32. The molecule has 1 atom stereocenters. The van der Waals surface area contributed by atoms with E-state index in [1.807, 2.05) is 24.1 Å². The van der Waals surface area contributed by atoms with Gasteiger partial charge in [0.05, 0.1) is 0 Å². The third-order valence-corrected chi connectivity index (χ3v) is 5.36. The standard InChI is InChI=1S/C21H22FN3O/c1-25(11-8-14-6-9-23-10-7-14)21(26)15-2-4-19-17(12-15)18-13-16(22)3-5-20(18)24-19/h3,5-7,9-10,13,15,24H,2,4,8,11-12H2,1H3. The average molecular weight is 351 g/mol. The zero-order valence-corrected chi connectivity index (χ0v) is 14.8. The van der Waals surface area contributed by atoms with E-state index in [-0.39, 0.29) is 17.6 Å². The molecule has 1 aliphatic rings. The maximum atomic E-state index is 13.6. The third-order valence-electron chi connectivity index (χ3n) is 5.36. The van der Waals surface area contributed by atoms with Crippen LogP contribution in [0, 0.1) is 11.7 Å². The Kier molecular flexibility index (Phi) is 4.45. The molecule has 0 saturated carbocycles. The van der Waals surface area contributed by atoms with Crippen molar-refractivity contribution in [1.82, 2.24) is 14.9 Å². The molecule has 0 radical (unpaired) electrons. The van der Waals surface area contributed by atoms with Crippen LogP contribution in [0.5, 0.6) is 0 Å². The number of likely N-dealkylation sites (N-methyl/N-ethyl adjacent to an activating group) is 1. The van der Waals surface area contributed by atoms with Crippen LogP contribution < -0.4 is 0 Å². The predicted molar refractivity (Wildman–Crippen MR) is 99.3 cm³/mol. The van der Waals surface area contributed by atoms with Gasteiger partial charge in [-0.25, -0.2) is 4.39 Å². The molecule has 2 heterocycles. The number of rotatable bonds is 4. The summed E-state index contributed by atoms with van der Waals surface area (Å²) < 4.78 is 13.6. The van der Waals surface area contributed by atoms with Gasteiger partial charge in [0.2, 0.25) is 5.91 Å². The molecular formula is C21H22FN3O. The van der Waals surface area contributed by atoms with Gasteiger partial charge in [-0.1, -0.05) is 0 Å². The van der Waals surface area contributed by atoms with E-state index in [0.717, 1.165) is 41.4 Å². The second-order valence-electron chi connectivity index (χ2n) is 7.08. The van der Waals surface area contributed by atoms with Crippen LogP contribution in [0.1, 0.15) is 23.2 Å². The number of carbonyl (C=O) groups excluding carboxylic acids is 1. The highest BCUT2D eigenvalue weighted by Gasteiger charge is 2.29. The molecule has 134 valence electrons. The molecule has 5 heteroatoms. The van der Waals surface area contributed by atoms with Gasteiger partial charge < -0.3 is 9.88 Å². The Balaban J connectivity index is 1.46. The second-order valence-corrected chi connectivity index (χ2v) is 7.08. The highest BCUT2D eigenvalue weighted by atomic mass is 19.1. The van der Waals surface area contributed by atoms with Crippen LogP contribution in [-0.2, 0) is 24.1 Å². The summed E-state index contributed by atoms with van der Waals surface area (Å²) in [5.74, 6) is -0.0927. The summed E-state index contributed by atoms with van der Waals surface area (Å²) in [7, 11) is 1.87. The number of benzene rings is 1. The minimum absolute atomic E-state index is 0.0350. The number of fused-ring (bicyclic) bond motifs is 3. The van der Waals surface area contributed by atoms with Gasteiger partial charge in [-0.05, 0) is 67.1 Å². The van der Waals surface area contributed by atoms with E-state index in [1.165, 1.54) is 11.6 Å². The Hall–Kier alpha value is -2.69. The SMILES string of the molecule is CN(CCc1ccncc1)C(=O)C1CCc2[nH]c3ccc(F)cc3c2C1. The number of hydrogen-bond donors (Lipinski definition) is 1. The smallest absolute Gasteiger partial charge is 0.225 e. The average Bonchev–Trinajstić information content (AvgIpc) is 3.03. The van der Waals surface area contributed by atoms with Gasteiger partial charge in [-0.15, -0.1) is 0 Å². The molecule has 3 aromatic rings. The summed E-state index contributed by atoms with van der Waals surface area (Å²) in [6.07, 6.45) is 6.71. The van der Waals surface area contributed by atoms with E-state index in [9.17, 15) is 9.18 Å². The highest BCUT2D eigenvalue weighted by molar-refractivity contribution is 5.87. The maximum absolute atomic E-state index is 13.6. The fourth-order valence-corrected chi connectivity index (χ4v) is 3.87. The van der Waals surface area contributed by atoms with Crippen molar-refractivity contribution in [3.05, 3.63) is 65.4 Å². The number of nitrogens with one attached hydrogen (secondary N) is 1. The van der Waals surface area contributed by atoms with Crippen molar-refractivity contribution in [3.63, 3.8) is 0 Å². The molecular weight excluding hydrogens is 329 g/mol. The Morgan fingerprint density at radius 2 is 2.12 bits per heavy atom. The molecule has 2 aromatic heterocycles. The zero-order valence-electron chi connectivity index (χ0n) is 14.8. The lowest BCUT2D eigenvalue weighted by atomic mass is 9.85. The summed E-state index contributed by atoms with van der Waals surface area (Å²) >= 11 is 0. The monoisotopic (exact) mass is 351 g/mol. The Bertz CT molecular complexity index is 935. The van der Waals surface area contributed by atoms with E-state index in [4.69, 9.17) is 0 Å². The van der Waals surface area contributed by atoms with Crippen LogP contribution in [0.2, 0.25) is 0 Å². The van der Waals surface area contributed by atoms with E-state index >= 15 is 0 Å². The van der Waals surface area contributed by atoms with Crippen molar-refractivity contribution < 1.29 is 9.18 Å². The first-order valence-corrected chi connectivity index (χ1v) is 9.04. The molecule has 4 nitrogen and oxygen atoms in total. The lowest BCUT2D eigenvalue weighted by Gasteiger charge is -2.27. The number of amides is 1. The van der Waals surface area contributed by atoms with Gasteiger partial charge in [0.25, 0.3) is 0 Å². The first-order chi connectivity index (χ1) is 12.6. The number of aromatic amines is 1. The van der Waals surface area contributed by atoms with Crippen molar-refractivity contribution in [2.75, 3.05) is 13.6 Å². The van der Waals surface area contributed by atoms with Crippen LogP contribution in [-0.4, -0.2) is 34.4 Å². The van der Waals surface area contributed by atoms with Gasteiger partial charge in [0, 0.05) is 48.5 Å². The van der Waals surface area contributed by atoms with Gasteiger partial charge in [-0.2, -0.15) is 0 Å². The number of H-pyrrole nitrogens is 1. The Morgan fingerprint density at radius 1 is 1.31 bits per heavy atom. The molecule has 0 spiro atoms. The van der Waals surface area contributed by atoms with Crippen molar-refractivity contribution in [2.24, 2.45) is 5.92 Å². The van der Waals surface area contributed by atoms with Gasteiger partial charge in [0.15, 0.2) is 0 Å². The quantitative estimate of drug-likeness (QED) is 0.782. The molecule has 26 heavy (non-hydrogen) atoms. The topological polar surface area (TPSA) is 49.0 Å². The van der Waals surface area contributed by atoms with Crippen molar-refractivity contribution in [3.8, 4) is 0 Å². The van der Waals surface area contributed by atoms with Crippen LogP contribution >= 0.6 is 0 Å². The molecule has 4 rings (SSSR count). The summed E-state index contributed by atoms with van der Waals surface area (Å²) in [6.45, 7) is 0.689. The van der Waals surface area contributed by atoms with Crippen LogP contribution in [0.3, 0.4) is 0 Å². The van der Waals surface area contributed by atoms with Gasteiger partial charge in [-0.3, -0.25) is 9.78 Å². The van der Waals surface area contributed by atoms with E-state index in [0.29, 0.717) is 13.0 Å². The molecule has 1 N–H and O–H groups in total. The number of aryl methyl sites for hydroxylation is 1. The number of carbonyl (C=O) groups is 1. The number of nitrogens with zero attached hydrogens (tertiary/aromatic N) is 2. The fourth-order valence-electron chi connectivity index (χ4n) is 3.87. The summed E-state index contributed by atoms with van der Waals surface area (Å²) in [6, 6.07) is 8.78. The van der Waals surface area contributed by atoms with Crippen molar-refractivity contribution in [1.29, 1.82) is 0 Å². The number of halogens is 1. The summed E-state index contributed by atoms with van der Waals surface area (Å²) in [4.78, 5) is 22.1. The maximum Gasteiger partial charge on any atom is 0.225 e. The van der Waals surface area contributed by atoms with Crippen LogP contribution in [0.25, 0.3) is 10.9 Å². The second kappa shape index (κ2) is 6.90. The summed E-state index contributed by atoms with van der Waals surface area (Å²) in [5, 5.41) is 0.914. The van der Waals surface area contributed by atoms with Gasteiger partial charge >= 0.3 is 0 Å². The van der Waals surface area contributed by atoms with E-state index in [2.05, 4.69) is 9.97 Å². The number of pyridine rings is 1. The molecule has 1 aromatic carbocycles. The molecule has 1 unspecified atom stereocenters. The van der Waals surface area contributed by atoms with Crippen LogP contribution in [0.4, 0.5) is 4.39 Å². The van der Waals surface area contributed by atoms with Gasteiger partial charge in [0.1, 0.15) is 5.82 Å². The predicted octanol–water partition coefficient (Wildman–Crippen LogP) is 3.51. The number of hydrogen-bond acceptors (Lipinski definition) is 2. The van der Waals surface area contributed by atoms with Crippen molar-refractivity contribution >= 4 is 16.8 Å². The molecule has 0 bridgehead atoms. The van der Waals surface area contributed by atoms with Crippen molar-refractivity contribution in [2.45, 2.75) is 25.7 Å². The number of aromatic nitrogens is 2. The Labute approximate surface area is 152 Å². The molecule has 0 aliphatic heterocycles. The third kappa shape index (κ3) is 3.21. The lowest BCUT2D eigenvalue weighted by Crippen LogP contribution is -2.36. The molecule has 1 aliphatic carbocycles.